The monoisotopic (exact) mass is 267 g/mol. The van der Waals surface area contributed by atoms with Crippen molar-refractivity contribution in [3.8, 4) is 0 Å². The molecule has 0 N–H and O–H groups in total. The molecule has 1 heterocycles. The Balaban J connectivity index is 1.90. The van der Waals surface area contributed by atoms with Crippen molar-refractivity contribution in [3.05, 3.63) is 45.9 Å². The van der Waals surface area contributed by atoms with E-state index in [1.807, 2.05) is 28.4 Å². The van der Waals surface area contributed by atoms with Crippen LogP contribution in [0.5, 0.6) is 0 Å². The maximum atomic E-state index is 5.83. The molecule has 0 aliphatic heterocycles. The summed E-state index contributed by atoms with van der Waals surface area (Å²) < 4.78 is 4.46. The van der Waals surface area contributed by atoms with Gasteiger partial charge in [-0.3, -0.25) is 0 Å². The molecule has 2 rings (SSSR count). The zero-order valence-electron chi connectivity index (χ0n) is 9.64. The molecule has 1 aromatic carbocycles. The van der Waals surface area contributed by atoms with Gasteiger partial charge in [-0.25, -0.2) is 4.68 Å². The van der Waals surface area contributed by atoms with Crippen molar-refractivity contribution >= 4 is 23.8 Å². The molecule has 0 bridgehead atoms. The fourth-order valence-corrected chi connectivity index (χ4v) is 1.97. The van der Waals surface area contributed by atoms with Gasteiger partial charge >= 0.3 is 0 Å². The Morgan fingerprint density at radius 2 is 2.00 bits per heavy atom. The van der Waals surface area contributed by atoms with E-state index in [2.05, 4.69) is 17.2 Å². The average molecular weight is 268 g/mol. The first-order valence-electron chi connectivity index (χ1n) is 5.50. The molecular formula is C12H14ClN3S. The first-order valence-corrected chi connectivity index (χ1v) is 6.28. The highest BCUT2D eigenvalue weighted by Crippen LogP contribution is 2.11. The molecule has 90 valence electrons. The van der Waals surface area contributed by atoms with Crippen LogP contribution in [-0.2, 0) is 20.0 Å². The van der Waals surface area contributed by atoms with Crippen LogP contribution in [0.2, 0.25) is 5.02 Å². The summed E-state index contributed by atoms with van der Waals surface area (Å²) in [6, 6.07) is 7.95. The molecule has 0 fully saturated rings. The van der Waals surface area contributed by atoms with E-state index in [-0.39, 0.29) is 0 Å². The second kappa shape index (κ2) is 5.47. The lowest BCUT2D eigenvalue weighted by Crippen LogP contribution is -2.02. The van der Waals surface area contributed by atoms with Gasteiger partial charge in [0.15, 0.2) is 4.77 Å². The van der Waals surface area contributed by atoms with Gasteiger partial charge in [-0.1, -0.05) is 23.7 Å². The predicted octanol–water partition coefficient (Wildman–Crippen LogP) is 3.24. The highest BCUT2D eigenvalue weighted by molar-refractivity contribution is 7.71. The van der Waals surface area contributed by atoms with Gasteiger partial charge in [0, 0.05) is 18.6 Å². The van der Waals surface area contributed by atoms with Crippen LogP contribution in [0.15, 0.2) is 30.6 Å². The van der Waals surface area contributed by atoms with Gasteiger partial charge in [-0.2, -0.15) is 5.10 Å². The highest BCUT2D eigenvalue weighted by atomic mass is 35.5. The summed E-state index contributed by atoms with van der Waals surface area (Å²) in [6.07, 6.45) is 3.77. The molecule has 1 aromatic heterocycles. The molecule has 3 nitrogen and oxygen atoms in total. The number of nitrogens with zero attached hydrogens (tertiary/aromatic N) is 3. The van der Waals surface area contributed by atoms with Crippen molar-refractivity contribution in [2.24, 2.45) is 7.05 Å². The van der Waals surface area contributed by atoms with Crippen LogP contribution in [0, 0.1) is 4.77 Å². The second-order valence-corrected chi connectivity index (χ2v) is 4.78. The summed E-state index contributed by atoms with van der Waals surface area (Å²) in [5.41, 5.74) is 1.29. The van der Waals surface area contributed by atoms with Gasteiger partial charge in [0.2, 0.25) is 0 Å². The second-order valence-electron chi connectivity index (χ2n) is 3.98. The van der Waals surface area contributed by atoms with Gasteiger partial charge in [0.1, 0.15) is 6.33 Å². The molecular weight excluding hydrogens is 254 g/mol. The van der Waals surface area contributed by atoms with Gasteiger partial charge < -0.3 is 4.57 Å². The van der Waals surface area contributed by atoms with E-state index in [1.165, 1.54) is 5.56 Å². The maximum Gasteiger partial charge on any atom is 0.197 e. The molecule has 17 heavy (non-hydrogen) atoms. The number of rotatable bonds is 4. The Morgan fingerprint density at radius 1 is 1.29 bits per heavy atom. The maximum absolute atomic E-state index is 5.83. The SMILES string of the molecule is Cn1cnn(CCCc2ccc(Cl)cc2)c1=S. The third kappa shape index (κ3) is 3.17. The number of halogens is 1. The topological polar surface area (TPSA) is 22.8 Å². The minimum atomic E-state index is 0.765. The summed E-state index contributed by atoms with van der Waals surface area (Å²) in [5.74, 6) is 0. The largest absolute Gasteiger partial charge is 0.310 e. The summed E-state index contributed by atoms with van der Waals surface area (Å²) in [6.45, 7) is 0.850. The molecule has 0 saturated carbocycles. The van der Waals surface area contributed by atoms with Crippen molar-refractivity contribution in [1.29, 1.82) is 0 Å². The van der Waals surface area contributed by atoms with Gasteiger partial charge in [-0.15, -0.1) is 0 Å². The first kappa shape index (κ1) is 12.3. The molecule has 0 spiro atoms. The summed E-state index contributed by atoms with van der Waals surface area (Å²) in [4.78, 5) is 0. The Hall–Kier alpha value is -1.13. The van der Waals surface area contributed by atoms with E-state index in [9.17, 15) is 0 Å². The zero-order valence-corrected chi connectivity index (χ0v) is 11.2. The van der Waals surface area contributed by atoms with Gasteiger partial charge in [0.05, 0.1) is 0 Å². The molecule has 0 amide bonds. The van der Waals surface area contributed by atoms with Crippen LogP contribution in [0.1, 0.15) is 12.0 Å². The number of aryl methyl sites for hydroxylation is 3. The fraction of sp³-hybridized carbons (Fsp3) is 0.333. The molecule has 0 atom stereocenters. The summed E-state index contributed by atoms with van der Waals surface area (Å²) in [5, 5.41) is 4.99. The lowest BCUT2D eigenvalue weighted by molar-refractivity contribution is 0.567. The van der Waals surface area contributed by atoms with Crippen LogP contribution >= 0.6 is 23.8 Å². The Labute approximate surface area is 111 Å². The highest BCUT2D eigenvalue weighted by Gasteiger charge is 1.98. The summed E-state index contributed by atoms with van der Waals surface area (Å²) in [7, 11) is 1.91. The minimum absolute atomic E-state index is 0.765. The predicted molar refractivity (Wildman–Crippen MR) is 71.8 cm³/mol. The molecule has 0 aliphatic rings. The Morgan fingerprint density at radius 3 is 2.59 bits per heavy atom. The van der Waals surface area contributed by atoms with E-state index in [4.69, 9.17) is 23.8 Å². The van der Waals surface area contributed by atoms with Crippen LogP contribution in [0.4, 0.5) is 0 Å². The molecule has 5 heteroatoms. The van der Waals surface area contributed by atoms with Crippen molar-refractivity contribution in [1.82, 2.24) is 14.3 Å². The molecule has 2 aromatic rings. The van der Waals surface area contributed by atoms with E-state index < -0.39 is 0 Å². The van der Waals surface area contributed by atoms with E-state index in [0.717, 1.165) is 29.2 Å². The Kier molecular flexibility index (Phi) is 3.97. The van der Waals surface area contributed by atoms with Crippen molar-refractivity contribution in [2.45, 2.75) is 19.4 Å². The lowest BCUT2D eigenvalue weighted by atomic mass is 10.1. The normalized spacial score (nSPS) is 10.7. The van der Waals surface area contributed by atoms with E-state index in [1.54, 1.807) is 6.33 Å². The van der Waals surface area contributed by atoms with Crippen molar-refractivity contribution in [3.63, 3.8) is 0 Å². The van der Waals surface area contributed by atoms with Crippen LogP contribution in [0.25, 0.3) is 0 Å². The lowest BCUT2D eigenvalue weighted by Gasteiger charge is -2.02. The van der Waals surface area contributed by atoms with E-state index >= 15 is 0 Å². The number of hydrogen-bond acceptors (Lipinski definition) is 2. The first-order chi connectivity index (χ1) is 8.16. The van der Waals surface area contributed by atoms with Gasteiger partial charge in [-0.05, 0) is 42.8 Å². The molecule has 0 unspecified atom stereocenters. The third-order valence-corrected chi connectivity index (χ3v) is 3.39. The molecule has 0 saturated heterocycles. The smallest absolute Gasteiger partial charge is 0.197 e. The fourth-order valence-electron chi connectivity index (χ4n) is 1.66. The van der Waals surface area contributed by atoms with Crippen LogP contribution < -0.4 is 0 Å². The summed E-state index contributed by atoms with van der Waals surface area (Å²) >= 11 is 11.1. The van der Waals surface area contributed by atoms with E-state index in [0.29, 0.717) is 0 Å². The van der Waals surface area contributed by atoms with Crippen LogP contribution in [-0.4, -0.2) is 14.3 Å². The standard InChI is InChI=1S/C12H14ClN3S/c1-15-9-14-16(12(15)17)8-2-3-10-4-6-11(13)7-5-10/h4-7,9H,2-3,8H2,1H3. The van der Waals surface area contributed by atoms with Gasteiger partial charge in [0.25, 0.3) is 0 Å². The number of aromatic nitrogens is 3. The Bertz CT molecular complexity index is 542. The number of benzene rings is 1. The van der Waals surface area contributed by atoms with Crippen LogP contribution in [0.3, 0.4) is 0 Å². The quantitative estimate of drug-likeness (QED) is 0.794. The molecule has 0 radical (unpaired) electrons. The molecule has 0 aliphatic carbocycles. The van der Waals surface area contributed by atoms with Crippen molar-refractivity contribution in [2.75, 3.05) is 0 Å². The average Bonchev–Trinajstić information content (AvgIpc) is 2.64. The zero-order chi connectivity index (χ0) is 12.3. The number of hydrogen-bond donors (Lipinski definition) is 0. The van der Waals surface area contributed by atoms with Crippen molar-refractivity contribution < 1.29 is 0 Å². The minimum Gasteiger partial charge on any atom is -0.310 e. The third-order valence-electron chi connectivity index (χ3n) is 2.64.